The monoisotopic (exact) mass is 181 g/mol. The highest BCUT2D eigenvalue weighted by molar-refractivity contribution is 5.49. The third-order valence-electron chi connectivity index (χ3n) is 1.61. The Morgan fingerprint density at radius 1 is 1.54 bits per heavy atom. The van der Waals surface area contributed by atoms with Gasteiger partial charge in [-0.2, -0.15) is 0 Å². The van der Waals surface area contributed by atoms with Crippen molar-refractivity contribution < 1.29 is 4.74 Å². The summed E-state index contributed by atoms with van der Waals surface area (Å²) in [6, 6.07) is 1.77. The van der Waals surface area contributed by atoms with Crippen LogP contribution in [0.2, 0.25) is 0 Å². The van der Waals surface area contributed by atoms with Gasteiger partial charge in [0.15, 0.2) is 0 Å². The molecule has 0 fully saturated rings. The van der Waals surface area contributed by atoms with Crippen LogP contribution in [0.4, 0.5) is 5.69 Å². The van der Waals surface area contributed by atoms with E-state index in [0.717, 1.165) is 6.54 Å². The number of rotatable bonds is 4. The molecule has 0 amide bonds. The number of nitrogens with zero attached hydrogens (tertiary/aromatic N) is 2. The normalized spacial score (nSPS) is 10.4. The molecule has 1 rings (SSSR count). The first-order chi connectivity index (χ1) is 6.20. The van der Waals surface area contributed by atoms with Crippen LogP contribution in [0.3, 0.4) is 0 Å². The van der Waals surface area contributed by atoms with Gasteiger partial charge in [0.1, 0.15) is 12.4 Å². The van der Waals surface area contributed by atoms with Gasteiger partial charge in [0.05, 0.1) is 11.9 Å². The molecule has 72 valence electrons. The maximum atomic E-state index is 5.64. The zero-order valence-corrected chi connectivity index (χ0v) is 8.03. The Bertz CT molecular complexity index is 263. The molecule has 0 unspecified atom stereocenters. The molecule has 0 aliphatic heterocycles. The molecule has 4 heteroatoms. The smallest absolute Gasteiger partial charge is 0.145 e. The fraction of sp³-hybridized carbons (Fsp3) is 0.444. The van der Waals surface area contributed by atoms with E-state index in [9.17, 15) is 0 Å². The molecule has 0 bridgehead atoms. The van der Waals surface area contributed by atoms with Crippen molar-refractivity contribution in [1.29, 1.82) is 0 Å². The molecular formula is C9H15N3O. The Hall–Kier alpha value is -1.29. The van der Waals surface area contributed by atoms with Gasteiger partial charge in [-0.3, -0.25) is 4.98 Å². The van der Waals surface area contributed by atoms with Crippen LogP contribution in [0.5, 0.6) is 5.75 Å². The minimum atomic E-state index is 0.584. The molecule has 0 atom stereocenters. The Morgan fingerprint density at radius 2 is 2.31 bits per heavy atom. The van der Waals surface area contributed by atoms with E-state index in [-0.39, 0.29) is 0 Å². The lowest BCUT2D eigenvalue weighted by Gasteiger charge is -2.11. The first-order valence-electron chi connectivity index (χ1n) is 4.17. The van der Waals surface area contributed by atoms with Crippen LogP contribution in [0.25, 0.3) is 0 Å². The lowest BCUT2D eigenvalue weighted by Crippen LogP contribution is -2.19. The SMILES string of the molecule is CN(C)CCOc1ccncc1N. The second-order valence-corrected chi connectivity index (χ2v) is 3.07. The van der Waals surface area contributed by atoms with Gasteiger partial charge in [0.2, 0.25) is 0 Å². The Labute approximate surface area is 78.3 Å². The second kappa shape index (κ2) is 4.67. The predicted molar refractivity (Wildman–Crippen MR) is 52.7 cm³/mol. The van der Waals surface area contributed by atoms with Crippen molar-refractivity contribution in [2.24, 2.45) is 0 Å². The predicted octanol–water partition coefficient (Wildman–Crippen LogP) is 0.604. The fourth-order valence-electron chi connectivity index (χ4n) is 0.864. The van der Waals surface area contributed by atoms with Crippen molar-refractivity contribution >= 4 is 5.69 Å². The first-order valence-corrected chi connectivity index (χ1v) is 4.17. The summed E-state index contributed by atoms with van der Waals surface area (Å²) in [5.74, 6) is 0.705. The molecule has 13 heavy (non-hydrogen) atoms. The topological polar surface area (TPSA) is 51.4 Å². The molecule has 0 saturated carbocycles. The Balaban J connectivity index is 2.41. The molecule has 0 aliphatic rings. The molecule has 0 saturated heterocycles. The van der Waals surface area contributed by atoms with E-state index in [4.69, 9.17) is 10.5 Å². The van der Waals surface area contributed by atoms with Gasteiger partial charge in [0.25, 0.3) is 0 Å². The van der Waals surface area contributed by atoms with Gasteiger partial charge >= 0.3 is 0 Å². The zero-order valence-electron chi connectivity index (χ0n) is 8.03. The van der Waals surface area contributed by atoms with E-state index in [0.29, 0.717) is 18.0 Å². The Kier molecular flexibility index (Phi) is 3.52. The summed E-state index contributed by atoms with van der Waals surface area (Å²) in [6.45, 7) is 1.52. The van der Waals surface area contributed by atoms with Crippen LogP contribution in [0, 0.1) is 0 Å². The molecule has 2 N–H and O–H groups in total. The average Bonchev–Trinajstić information content (AvgIpc) is 2.08. The van der Waals surface area contributed by atoms with E-state index < -0.39 is 0 Å². The molecule has 0 aromatic carbocycles. The second-order valence-electron chi connectivity index (χ2n) is 3.07. The summed E-state index contributed by atoms with van der Waals surface area (Å²) in [6.07, 6.45) is 3.26. The van der Waals surface area contributed by atoms with Crippen LogP contribution in [0.1, 0.15) is 0 Å². The van der Waals surface area contributed by atoms with E-state index >= 15 is 0 Å². The fourth-order valence-corrected chi connectivity index (χ4v) is 0.864. The molecule has 0 radical (unpaired) electrons. The van der Waals surface area contributed by atoms with E-state index in [1.54, 1.807) is 18.5 Å². The molecular weight excluding hydrogens is 166 g/mol. The Morgan fingerprint density at radius 3 is 2.92 bits per heavy atom. The van der Waals surface area contributed by atoms with E-state index in [2.05, 4.69) is 9.88 Å². The minimum Gasteiger partial charge on any atom is -0.490 e. The number of pyridine rings is 1. The maximum absolute atomic E-state index is 5.64. The number of ether oxygens (including phenoxy) is 1. The van der Waals surface area contributed by atoms with Crippen molar-refractivity contribution in [1.82, 2.24) is 9.88 Å². The quantitative estimate of drug-likeness (QED) is 0.739. The molecule has 1 heterocycles. The van der Waals surface area contributed by atoms with Crippen LogP contribution < -0.4 is 10.5 Å². The molecule has 0 aliphatic carbocycles. The van der Waals surface area contributed by atoms with Gasteiger partial charge in [-0.1, -0.05) is 0 Å². The number of nitrogens with two attached hydrogens (primary N) is 1. The van der Waals surface area contributed by atoms with Gasteiger partial charge in [-0.15, -0.1) is 0 Å². The third-order valence-corrected chi connectivity index (χ3v) is 1.61. The number of nitrogen functional groups attached to an aromatic ring is 1. The van der Waals surface area contributed by atoms with Gasteiger partial charge < -0.3 is 15.4 Å². The number of hydrogen-bond donors (Lipinski definition) is 1. The highest BCUT2D eigenvalue weighted by Gasteiger charge is 1.98. The third kappa shape index (κ3) is 3.29. The lowest BCUT2D eigenvalue weighted by atomic mass is 10.4. The van der Waals surface area contributed by atoms with Gasteiger partial charge in [0, 0.05) is 18.8 Å². The van der Waals surface area contributed by atoms with Crippen molar-refractivity contribution in [3.8, 4) is 5.75 Å². The number of aromatic nitrogens is 1. The standard InChI is InChI=1S/C9H15N3O/c1-12(2)5-6-13-9-3-4-11-7-8(9)10/h3-4,7H,5-6,10H2,1-2H3. The maximum Gasteiger partial charge on any atom is 0.145 e. The van der Waals surface area contributed by atoms with Crippen molar-refractivity contribution in [3.63, 3.8) is 0 Å². The highest BCUT2D eigenvalue weighted by atomic mass is 16.5. The van der Waals surface area contributed by atoms with E-state index in [1.165, 1.54) is 0 Å². The van der Waals surface area contributed by atoms with Gasteiger partial charge in [-0.25, -0.2) is 0 Å². The summed E-state index contributed by atoms with van der Waals surface area (Å²) < 4.78 is 5.44. The molecule has 0 spiro atoms. The van der Waals surface area contributed by atoms with Crippen LogP contribution in [0.15, 0.2) is 18.5 Å². The molecule has 1 aromatic heterocycles. The first kappa shape index (κ1) is 9.80. The van der Waals surface area contributed by atoms with Gasteiger partial charge in [-0.05, 0) is 14.1 Å². The highest BCUT2D eigenvalue weighted by Crippen LogP contribution is 2.17. The summed E-state index contributed by atoms with van der Waals surface area (Å²) in [5.41, 5.74) is 6.22. The number of likely N-dealkylation sites (N-methyl/N-ethyl adjacent to an activating group) is 1. The summed E-state index contributed by atoms with van der Waals surface area (Å²) in [5, 5.41) is 0. The largest absolute Gasteiger partial charge is 0.490 e. The van der Waals surface area contributed by atoms with Crippen molar-refractivity contribution in [2.75, 3.05) is 33.0 Å². The number of anilines is 1. The summed E-state index contributed by atoms with van der Waals surface area (Å²) in [4.78, 5) is 5.93. The van der Waals surface area contributed by atoms with Crippen LogP contribution in [-0.4, -0.2) is 37.1 Å². The summed E-state index contributed by atoms with van der Waals surface area (Å²) >= 11 is 0. The molecule has 1 aromatic rings. The van der Waals surface area contributed by atoms with E-state index in [1.807, 2.05) is 14.1 Å². The number of hydrogen-bond acceptors (Lipinski definition) is 4. The van der Waals surface area contributed by atoms with Crippen LogP contribution >= 0.6 is 0 Å². The minimum absolute atomic E-state index is 0.584. The lowest BCUT2D eigenvalue weighted by molar-refractivity contribution is 0.262. The summed E-state index contributed by atoms with van der Waals surface area (Å²) in [7, 11) is 4.00. The zero-order chi connectivity index (χ0) is 9.68. The van der Waals surface area contributed by atoms with Crippen molar-refractivity contribution in [2.45, 2.75) is 0 Å². The average molecular weight is 181 g/mol. The molecule has 4 nitrogen and oxygen atoms in total. The van der Waals surface area contributed by atoms with Crippen LogP contribution in [-0.2, 0) is 0 Å². The van der Waals surface area contributed by atoms with Crippen molar-refractivity contribution in [3.05, 3.63) is 18.5 Å².